The van der Waals surface area contributed by atoms with E-state index >= 15 is 0 Å². The van der Waals surface area contributed by atoms with Crippen LogP contribution in [0.4, 0.5) is 8.78 Å². The summed E-state index contributed by atoms with van der Waals surface area (Å²) in [6.07, 6.45) is 1.35. The first-order valence-corrected chi connectivity index (χ1v) is 6.53. The summed E-state index contributed by atoms with van der Waals surface area (Å²) >= 11 is 0. The van der Waals surface area contributed by atoms with E-state index < -0.39 is 11.8 Å². The normalized spacial score (nSPS) is 20.9. The summed E-state index contributed by atoms with van der Waals surface area (Å²) in [5.74, 6) is -2.98. The van der Waals surface area contributed by atoms with Gasteiger partial charge in [0.25, 0.3) is 5.92 Å². The second-order valence-corrected chi connectivity index (χ2v) is 5.08. The summed E-state index contributed by atoms with van der Waals surface area (Å²) in [6, 6.07) is 4.47. The van der Waals surface area contributed by atoms with Gasteiger partial charge in [0.15, 0.2) is 11.5 Å². The molecule has 1 saturated heterocycles. The molecule has 1 aromatic carbocycles. The molecule has 0 amide bonds. The van der Waals surface area contributed by atoms with Crippen LogP contribution < -0.4 is 5.32 Å². The highest BCUT2D eigenvalue weighted by Gasteiger charge is 2.41. The van der Waals surface area contributed by atoms with Crippen molar-refractivity contribution in [2.24, 2.45) is 5.92 Å². The maximum absolute atomic E-state index is 14.5. The fourth-order valence-electron chi connectivity index (χ4n) is 2.65. The standard InChI is InChI=1S/C14H16F2N2O/c1-9-18-12-7-10(4-5-13(12)19-9)14(15,16)11-3-2-6-17-8-11/h4-5,7,11,17H,2-3,6,8H2,1H3. The van der Waals surface area contributed by atoms with Crippen molar-refractivity contribution in [2.75, 3.05) is 13.1 Å². The summed E-state index contributed by atoms with van der Waals surface area (Å²) < 4.78 is 34.3. The third kappa shape index (κ3) is 2.23. The lowest BCUT2D eigenvalue weighted by Crippen LogP contribution is -2.39. The van der Waals surface area contributed by atoms with Crippen molar-refractivity contribution < 1.29 is 13.2 Å². The minimum Gasteiger partial charge on any atom is -0.441 e. The molecule has 0 spiro atoms. The van der Waals surface area contributed by atoms with Crippen molar-refractivity contribution >= 4 is 11.1 Å². The minimum absolute atomic E-state index is 0.0296. The molecular formula is C14H16F2N2O. The molecule has 0 bridgehead atoms. The van der Waals surface area contributed by atoms with Crippen LogP contribution in [0.2, 0.25) is 0 Å². The Hall–Kier alpha value is -1.49. The highest BCUT2D eigenvalue weighted by molar-refractivity contribution is 5.73. The number of rotatable bonds is 2. The van der Waals surface area contributed by atoms with Gasteiger partial charge in [0.05, 0.1) is 0 Å². The van der Waals surface area contributed by atoms with Gasteiger partial charge in [-0.1, -0.05) is 0 Å². The molecule has 1 atom stereocenters. The summed E-state index contributed by atoms with van der Waals surface area (Å²) in [4.78, 5) is 4.12. The molecule has 0 saturated carbocycles. The van der Waals surface area contributed by atoms with Crippen LogP contribution in [0.5, 0.6) is 0 Å². The van der Waals surface area contributed by atoms with Gasteiger partial charge in [0.2, 0.25) is 0 Å². The number of piperidine rings is 1. The lowest BCUT2D eigenvalue weighted by molar-refractivity contribution is -0.0723. The highest BCUT2D eigenvalue weighted by Crippen LogP contribution is 2.40. The summed E-state index contributed by atoms with van der Waals surface area (Å²) in [5, 5.41) is 3.04. The van der Waals surface area contributed by atoms with E-state index in [1.54, 1.807) is 13.0 Å². The van der Waals surface area contributed by atoms with E-state index in [1.807, 2.05) is 0 Å². The van der Waals surface area contributed by atoms with Gasteiger partial charge in [-0.05, 0) is 37.6 Å². The lowest BCUT2D eigenvalue weighted by atomic mass is 9.88. The highest BCUT2D eigenvalue weighted by atomic mass is 19.3. The number of alkyl halides is 2. The number of aryl methyl sites for hydroxylation is 1. The lowest BCUT2D eigenvalue weighted by Gasteiger charge is -2.30. The quantitative estimate of drug-likeness (QED) is 0.907. The number of halogens is 2. The molecule has 2 aromatic rings. The average Bonchev–Trinajstić information content (AvgIpc) is 2.78. The molecule has 3 nitrogen and oxygen atoms in total. The molecule has 2 heterocycles. The van der Waals surface area contributed by atoms with E-state index in [9.17, 15) is 8.78 Å². The van der Waals surface area contributed by atoms with E-state index in [4.69, 9.17) is 4.42 Å². The van der Waals surface area contributed by atoms with Crippen LogP contribution in [0.15, 0.2) is 22.6 Å². The predicted molar refractivity (Wildman–Crippen MR) is 68.2 cm³/mol. The maximum atomic E-state index is 14.5. The van der Waals surface area contributed by atoms with Crippen molar-refractivity contribution in [1.29, 1.82) is 0 Å². The molecule has 0 radical (unpaired) electrons. The molecule has 102 valence electrons. The number of nitrogens with one attached hydrogen (secondary N) is 1. The van der Waals surface area contributed by atoms with Gasteiger partial charge in [-0.15, -0.1) is 0 Å². The molecule has 19 heavy (non-hydrogen) atoms. The third-order valence-corrected chi connectivity index (χ3v) is 3.69. The number of hydrogen-bond acceptors (Lipinski definition) is 3. The Morgan fingerprint density at radius 3 is 3.00 bits per heavy atom. The number of nitrogens with zero attached hydrogens (tertiary/aromatic N) is 1. The second-order valence-electron chi connectivity index (χ2n) is 5.08. The van der Waals surface area contributed by atoms with Crippen LogP contribution in [0, 0.1) is 12.8 Å². The monoisotopic (exact) mass is 266 g/mol. The molecular weight excluding hydrogens is 250 g/mol. The molecule has 5 heteroatoms. The predicted octanol–water partition coefficient (Wildman–Crippen LogP) is 3.23. The second kappa shape index (κ2) is 4.56. The van der Waals surface area contributed by atoms with Crippen molar-refractivity contribution in [1.82, 2.24) is 10.3 Å². The zero-order valence-corrected chi connectivity index (χ0v) is 10.7. The van der Waals surface area contributed by atoms with E-state index in [0.29, 0.717) is 30.0 Å². The Morgan fingerprint density at radius 1 is 1.42 bits per heavy atom. The third-order valence-electron chi connectivity index (χ3n) is 3.69. The van der Waals surface area contributed by atoms with Crippen LogP contribution in [-0.4, -0.2) is 18.1 Å². The van der Waals surface area contributed by atoms with Gasteiger partial charge in [0.1, 0.15) is 5.52 Å². The SMILES string of the molecule is Cc1nc2cc(C(F)(F)C3CCCNC3)ccc2o1. The zero-order chi connectivity index (χ0) is 13.5. The Labute approximate surface area is 110 Å². The molecule has 1 fully saturated rings. The van der Waals surface area contributed by atoms with Crippen LogP contribution in [-0.2, 0) is 5.92 Å². The summed E-state index contributed by atoms with van der Waals surface area (Å²) in [6.45, 7) is 2.90. The number of hydrogen-bond donors (Lipinski definition) is 1. The number of benzene rings is 1. The van der Waals surface area contributed by atoms with Gasteiger partial charge in [-0.3, -0.25) is 0 Å². The van der Waals surface area contributed by atoms with Gasteiger partial charge in [0, 0.05) is 24.9 Å². The van der Waals surface area contributed by atoms with Crippen molar-refractivity contribution in [3.05, 3.63) is 29.7 Å². The first-order chi connectivity index (χ1) is 9.07. The van der Waals surface area contributed by atoms with E-state index in [2.05, 4.69) is 10.3 Å². The van der Waals surface area contributed by atoms with E-state index in [0.717, 1.165) is 13.0 Å². The first-order valence-electron chi connectivity index (χ1n) is 6.53. The van der Waals surface area contributed by atoms with Crippen LogP contribution in [0.3, 0.4) is 0 Å². The number of aromatic nitrogens is 1. The molecule has 1 unspecified atom stereocenters. The van der Waals surface area contributed by atoms with Crippen molar-refractivity contribution in [2.45, 2.75) is 25.7 Å². The fourth-order valence-corrected chi connectivity index (χ4v) is 2.65. The van der Waals surface area contributed by atoms with Crippen molar-refractivity contribution in [3.8, 4) is 0 Å². The Kier molecular flexibility index (Phi) is 3.01. The Bertz CT molecular complexity index is 588. The Morgan fingerprint density at radius 2 is 2.26 bits per heavy atom. The topological polar surface area (TPSA) is 38.1 Å². The van der Waals surface area contributed by atoms with Gasteiger partial charge < -0.3 is 9.73 Å². The largest absolute Gasteiger partial charge is 0.441 e. The maximum Gasteiger partial charge on any atom is 0.277 e. The van der Waals surface area contributed by atoms with Gasteiger partial charge in [-0.2, -0.15) is 0 Å². The smallest absolute Gasteiger partial charge is 0.277 e. The molecule has 1 aliphatic heterocycles. The Balaban J connectivity index is 1.96. The molecule has 3 rings (SSSR count). The van der Waals surface area contributed by atoms with Gasteiger partial charge in [-0.25, -0.2) is 13.8 Å². The molecule has 1 aromatic heterocycles. The van der Waals surface area contributed by atoms with Crippen LogP contribution >= 0.6 is 0 Å². The fraction of sp³-hybridized carbons (Fsp3) is 0.500. The van der Waals surface area contributed by atoms with Crippen molar-refractivity contribution in [3.63, 3.8) is 0 Å². The molecule has 1 N–H and O–H groups in total. The minimum atomic E-state index is -2.82. The molecule has 0 aliphatic carbocycles. The van der Waals surface area contributed by atoms with Crippen LogP contribution in [0.25, 0.3) is 11.1 Å². The van der Waals surface area contributed by atoms with E-state index in [1.165, 1.54) is 12.1 Å². The van der Waals surface area contributed by atoms with Crippen LogP contribution in [0.1, 0.15) is 24.3 Å². The molecule has 1 aliphatic rings. The van der Waals surface area contributed by atoms with E-state index in [-0.39, 0.29) is 5.56 Å². The first kappa shape index (κ1) is 12.5. The number of fused-ring (bicyclic) bond motifs is 1. The summed E-state index contributed by atoms with van der Waals surface area (Å²) in [5.41, 5.74) is 1.08. The zero-order valence-electron chi connectivity index (χ0n) is 10.7. The number of oxazole rings is 1. The van der Waals surface area contributed by atoms with Gasteiger partial charge >= 0.3 is 0 Å². The average molecular weight is 266 g/mol. The summed E-state index contributed by atoms with van der Waals surface area (Å²) in [7, 11) is 0.